The van der Waals surface area contributed by atoms with Gasteiger partial charge in [0.15, 0.2) is 5.75 Å². The van der Waals surface area contributed by atoms with Gasteiger partial charge in [-0.15, -0.1) is 0 Å². The Labute approximate surface area is 184 Å². The van der Waals surface area contributed by atoms with Crippen LogP contribution in [-0.4, -0.2) is 29.6 Å². The van der Waals surface area contributed by atoms with Crippen molar-refractivity contribution in [1.82, 2.24) is 14.7 Å². The predicted molar refractivity (Wildman–Crippen MR) is 119 cm³/mol. The molecule has 0 unspecified atom stereocenters. The van der Waals surface area contributed by atoms with Crippen LogP contribution < -0.4 is 19.7 Å². The van der Waals surface area contributed by atoms with Gasteiger partial charge < -0.3 is 14.8 Å². The fraction of sp³-hybridized carbons (Fsp3) is 0.190. The van der Waals surface area contributed by atoms with Gasteiger partial charge >= 0.3 is 6.16 Å². The third-order valence-electron chi connectivity index (χ3n) is 4.64. The summed E-state index contributed by atoms with van der Waals surface area (Å²) in [5, 5.41) is 9.09. The second-order valence-corrected chi connectivity index (χ2v) is 8.36. The number of rotatable bonds is 8. The van der Waals surface area contributed by atoms with Crippen LogP contribution in [0, 0.1) is 6.92 Å². The maximum absolute atomic E-state index is 12.8. The highest BCUT2D eigenvalue weighted by molar-refractivity contribution is 7.90. The molecule has 11 heteroatoms. The fourth-order valence-corrected chi connectivity index (χ4v) is 3.98. The highest BCUT2D eigenvalue weighted by Gasteiger charge is 2.22. The van der Waals surface area contributed by atoms with Crippen molar-refractivity contribution < 1.29 is 23.1 Å². The number of aromatic amines is 1. The molecule has 0 saturated heterocycles. The third-order valence-corrected chi connectivity index (χ3v) is 5.64. The molecular formula is C21H22N4O6S. The van der Waals surface area contributed by atoms with Gasteiger partial charge in [-0.25, -0.2) is 4.79 Å². The zero-order valence-corrected chi connectivity index (χ0v) is 18.2. The quantitative estimate of drug-likeness (QED) is 0.379. The standard InChI is InChI=1S/C21H22N4O6S/c1-3-15-9-16(13(2)24-20(15)26)17-11-22-12-18(31-21(27)28)19(17)25-32(29,30)23-10-14-7-5-4-6-8-14/h4-9,11-12,23H,3,10H2,1-2H3,(H,22,25)(H,24,26)(H,27,28). The van der Waals surface area contributed by atoms with Crippen molar-refractivity contribution in [3.05, 3.63) is 76.0 Å². The van der Waals surface area contributed by atoms with E-state index in [0.29, 0.717) is 23.2 Å². The highest BCUT2D eigenvalue weighted by atomic mass is 32.2. The minimum Gasteiger partial charge on any atom is -0.449 e. The lowest BCUT2D eigenvalue weighted by atomic mass is 10.0. The van der Waals surface area contributed by atoms with Gasteiger partial charge in [0, 0.05) is 35.1 Å². The Balaban J connectivity index is 2.05. The van der Waals surface area contributed by atoms with E-state index in [2.05, 4.69) is 19.4 Å². The number of ether oxygens (including phenoxy) is 1. The summed E-state index contributed by atoms with van der Waals surface area (Å²) in [6.45, 7) is 3.47. The van der Waals surface area contributed by atoms with Crippen LogP contribution in [0.4, 0.5) is 10.5 Å². The number of hydrogen-bond donors (Lipinski definition) is 4. The molecule has 3 rings (SSSR count). The molecule has 0 aliphatic carbocycles. The molecule has 0 aliphatic rings. The van der Waals surface area contributed by atoms with Crippen LogP contribution in [0.15, 0.2) is 53.6 Å². The van der Waals surface area contributed by atoms with Crippen molar-refractivity contribution in [3.8, 4) is 16.9 Å². The smallest absolute Gasteiger partial charge is 0.449 e. The molecule has 0 radical (unpaired) electrons. The lowest BCUT2D eigenvalue weighted by Crippen LogP contribution is -2.30. The number of pyridine rings is 2. The number of H-pyrrole nitrogens is 1. The molecule has 0 aliphatic heterocycles. The Bertz CT molecular complexity index is 1290. The fourth-order valence-electron chi connectivity index (χ4n) is 3.08. The summed E-state index contributed by atoms with van der Waals surface area (Å²) in [6, 6.07) is 10.5. The van der Waals surface area contributed by atoms with Crippen molar-refractivity contribution in [1.29, 1.82) is 0 Å². The molecule has 168 valence electrons. The third kappa shape index (κ3) is 5.50. The molecule has 3 aromatic rings. The van der Waals surface area contributed by atoms with Crippen LogP contribution in [0.25, 0.3) is 11.1 Å². The number of nitrogens with one attached hydrogen (secondary N) is 3. The number of carbonyl (C=O) groups is 1. The Kier molecular flexibility index (Phi) is 6.91. The molecule has 2 heterocycles. The Morgan fingerprint density at radius 3 is 2.56 bits per heavy atom. The van der Waals surface area contributed by atoms with Gasteiger partial charge in [-0.05, 0) is 25.0 Å². The van der Waals surface area contributed by atoms with E-state index in [4.69, 9.17) is 9.84 Å². The van der Waals surface area contributed by atoms with Crippen LogP contribution in [0.2, 0.25) is 0 Å². The highest BCUT2D eigenvalue weighted by Crippen LogP contribution is 2.36. The first-order valence-electron chi connectivity index (χ1n) is 9.63. The molecule has 0 atom stereocenters. The number of benzene rings is 1. The average molecular weight is 458 g/mol. The maximum atomic E-state index is 12.8. The molecule has 2 aromatic heterocycles. The zero-order chi connectivity index (χ0) is 23.3. The van der Waals surface area contributed by atoms with Gasteiger partial charge in [0.2, 0.25) is 0 Å². The first-order chi connectivity index (χ1) is 15.2. The van der Waals surface area contributed by atoms with Crippen molar-refractivity contribution >= 4 is 22.1 Å². The summed E-state index contributed by atoms with van der Waals surface area (Å²) >= 11 is 0. The molecular weight excluding hydrogens is 436 g/mol. The van der Waals surface area contributed by atoms with E-state index in [1.54, 1.807) is 37.3 Å². The van der Waals surface area contributed by atoms with E-state index in [-0.39, 0.29) is 29.1 Å². The molecule has 10 nitrogen and oxygen atoms in total. The van der Waals surface area contributed by atoms with Gasteiger partial charge in [-0.1, -0.05) is 37.3 Å². The molecule has 0 spiro atoms. The number of hydrogen-bond acceptors (Lipinski definition) is 6. The monoisotopic (exact) mass is 458 g/mol. The SMILES string of the molecule is CCc1cc(-c2cncc(OC(=O)O)c2NS(=O)(=O)NCc2ccccc2)c(C)[nH]c1=O. The molecule has 4 N–H and O–H groups in total. The number of aromatic nitrogens is 2. The van der Waals surface area contributed by atoms with Gasteiger partial charge in [0.25, 0.3) is 15.8 Å². The van der Waals surface area contributed by atoms with Crippen LogP contribution in [-0.2, 0) is 23.2 Å². The predicted octanol–water partition coefficient (Wildman–Crippen LogP) is 2.81. The number of nitrogens with zero attached hydrogens (tertiary/aromatic N) is 1. The van der Waals surface area contributed by atoms with E-state index in [1.807, 2.05) is 13.0 Å². The summed E-state index contributed by atoms with van der Waals surface area (Å²) < 4.78 is 35.0. The van der Waals surface area contributed by atoms with Crippen LogP contribution in [0.1, 0.15) is 23.7 Å². The minimum atomic E-state index is -4.13. The van der Waals surface area contributed by atoms with Gasteiger partial charge in [-0.3, -0.25) is 14.5 Å². The van der Waals surface area contributed by atoms with Crippen LogP contribution in [0.3, 0.4) is 0 Å². The molecule has 32 heavy (non-hydrogen) atoms. The Hall–Kier alpha value is -3.70. The molecule has 1 aromatic carbocycles. The first kappa shape index (κ1) is 23.0. The lowest BCUT2D eigenvalue weighted by molar-refractivity contribution is 0.144. The van der Waals surface area contributed by atoms with E-state index in [0.717, 1.165) is 11.8 Å². The Morgan fingerprint density at radius 1 is 1.19 bits per heavy atom. The van der Waals surface area contributed by atoms with Crippen molar-refractivity contribution in [3.63, 3.8) is 0 Å². The van der Waals surface area contributed by atoms with Crippen molar-refractivity contribution in [2.24, 2.45) is 0 Å². The molecule has 0 fully saturated rings. The Morgan fingerprint density at radius 2 is 1.91 bits per heavy atom. The summed E-state index contributed by atoms with van der Waals surface area (Å²) in [5.41, 5.74) is 2.01. The van der Waals surface area contributed by atoms with E-state index < -0.39 is 16.4 Å². The van der Waals surface area contributed by atoms with Crippen LogP contribution in [0.5, 0.6) is 5.75 Å². The van der Waals surface area contributed by atoms with Crippen molar-refractivity contribution in [2.75, 3.05) is 4.72 Å². The van der Waals surface area contributed by atoms with E-state index >= 15 is 0 Å². The maximum Gasteiger partial charge on any atom is 0.511 e. The van der Waals surface area contributed by atoms with E-state index in [1.165, 1.54) is 6.20 Å². The van der Waals surface area contributed by atoms with Gasteiger partial charge in [-0.2, -0.15) is 13.1 Å². The minimum absolute atomic E-state index is 0.0172. The average Bonchev–Trinajstić information content (AvgIpc) is 2.74. The summed E-state index contributed by atoms with van der Waals surface area (Å²) in [6.07, 6.45) is 1.27. The van der Waals surface area contributed by atoms with Crippen molar-refractivity contribution in [2.45, 2.75) is 26.8 Å². The zero-order valence-electron chi connectivity index (χ0n) is 17.4. The van der Waals surface area contributed by atoms with Crippen LogP contribution >= 0.6 is 0 Å². The second-order valence-electron chi connectivity index (χ2n) is 6.86. The summed E-state index contributed by atoms with van der Waals surface area (Å²) in [7, 11) is -4.13. The largest absolute Gasteiger partial charge is 0.511 e. The van der Waals surface area contributed by atoms with E-state index in [9.17, 15) is 18.0 Å². The molecule has 0 bridgehead atoms. The lowest BCUT2D eigenvalue weighted by Gasteiger charge is -2.17. The molecule has 0 saturated carbocycles. The number of carboxylic acid groups (broad SMARTS) is 1. The molecule has 0 amide bonds. The normalized spacial score (nSPS) is 11.2. The van der Waals surface area contributed by atoms with Gasteiger partial charge in [0.05, 0.1) is 6.20 Å². The summed E-state index contributed by atoms with van der Waals surface area (Å²) in [4.78, 5) is 30.0. The first-order valence-corrected chi connectivity index (χ1v) is 11.1. The topological polar surface area (TPSA) is 150 Å². The number of anilines is 1. The second kappa shape index (κ2) is 9.62. The van der Waals surface area contributed by atoms with Gasteiger partial charge in [0.1, 0.15) is 5.69 Å². The number of aryl methyl sites for hydroxylation is 2. The summed E-state index contributed by atoms with van der Waals surface area (Å²) in [5.74, 6) is -0.302.